The van der Waals surface area contributed by atoms with Crippen molar-refractivity contribution >= 4 is 17.2 Å². The number of benzene rings is 2. The van der Waals surface area contributed by atoms with Crippen LogP contribution in [0.2, 0.25) is 0 Å². The summed E-state index contributed by atoms with van der Waals surface area (Å²) in [5.41, 5.74) is 2.84. The van der Waals surface area contributed by atoms with E-state index in [9.17, 15) is 4.79 Å². The lowest BCUT2D eigenvalue weighted by Crippen LogP contribution is -2.13. The van der Waals surface area contributed by atoms with E-state index < -0.39 is 0 Å². The summed E-state index contributed by atoms with van der Waals surface area (Å²) >= 11 is 0. The van der Waals surface area contributed by atoms with Gasteiger partial charge >= 0.3 is 0 Å². The Morgan fingerprint density at radius 2 is 1.90 bits per heavy atom. The summed E-state index contributed by atoms with van der Waals surface area (Å²) in [6.07, 6.45) is 3.88. The van der Waals surface area contributed by atoms with Crippen molar-refractivity contribution in [2.45, 2.75) is 13.5 Å². The molecule has 0 saturated heterocycles. The van der Waals surface area contributed by atoms with Gasteiger partial charge in [0.05, 0.1) is 17.9 Å². The van der Waals surface area contributed by atoms with Crippen molar-refractivity contribution in [1.82, 2.24) is 9.38 Å². The number of rotatable bonds is 7. The number of carbonyl (C=O) groups excluding carboxylic acids is 1. The lowest BCUT2D eigenvalue weighted by Gasteiger charge is -2.11. The number of hydrogen-bond donors (Lipinski definition) is 1. The molecule has 4 aromatic rings. The molecule has 0 aliphatic rings. The van der Waals surface area contributed by atoms with Crippen LogP contribution in [0.1, 0.15) is 23.0 Å². The maximum absolute atomic E-state index is 12.7. The highest BCUT2D eigenvalue weighted by atomic mass is 16.5. The zero-order valence-electron chi connectivity index (χ0n) is 16.0. The molecule has 0 bridgehead atoms. The number of imidazole rings is 1. The highest BCUT2D eigenvalue weighted by Gasteiger charge is 2.12. The van der Waals surface area contributed by atoms with E-state index in [0.717, 1.165) is 11.3 Å². The largest absolute Gasteiger partial charge is 0.493 e. The van der Waals surface area contributed by atoms with Crippen molar-refractivity contribution < 1.29 is 14.3 Å². The summed E-state index contributed by atoms with van der Waals surface area (Å²) in [7, 11) is 0. The smallest absolute Gasteiger partial charge is 0.259 e. The van der Waals surface area contributed by atoms with E-state index in [1.807, 2.05) is 72.2 Å². The fourth-order valence-electron chi connectivity index (χ4n) is 3.01. The summed E-state index contributed by atoms with van der Waals surface area (Å²) in [5.74, 6) is 0.983. The van der Waals surface area contributed by atoms with Crippen molar-refractivity contribution in [3.63, 3.8) is 0 Å². The highest BCUT2D eigenvalue weighted by molar-refractivity contribution is 6.06. The summed E-state index contributed by atoms with van der Waals surface area (Å²) in [5, 5.41) is 2.90. The third kappa shape index (κ3) is 4.38. The number of anilines is 1. The van der Waals surface area contributed by atoms with Crippen LogP contribution in [0, 0.1) is 0 Å². The van der Waals surface area contributed by atoms with Gasteiger partial charge in [0.2, 0.25) is 0 Å². The number of carbonyl (C=O) groups is 1. The molecule has 0 radical (unpaired) electrons. The summed E-state index contributed by atoms with van der Waals surface area (Å²) in [4.78, 5) is 17.2. The van der Waals surface area contributed by atoms with Crippen molar-refractivity contribution in [2.75, 3.05) is 11.9 Å². The van der Waals surface area contributed by atoms with E-state index in [4.69, 9.17) is 9.47 Å². The molecule has 0 saturated carbocycles. The van der Waals surface area contributed by atoms with Crippen molar-refractivity contribution in [3.05, 3.63) is 90.4 Å². The highest BCUT2D eigenvalue weighted by Crippen LogP contribution is 2.22. The van der Waals surface area contributed by atoms with Crippen LogP contribution in [-0.4, -0.2) is 21.9 Å². The molecular weight excluding hydrogens is 366 g/mol. The number of amides is 1. The van der Waals surface area contributed by atoms with Crippen LogP contribution in [0.25, 0.3) is 5.65 Å². The number of nitrogens with zero attached hydrogens (tertiary/aromatic N) is 2. The van der Waals surface area contributed by atoms with E-state index >= 15 is 0 Å². The number of para-hydroxylation sites is 1. The lowest BCUT2D eigenvalue weighted by molar-refractivity contribution is 0.102. The molecule has 4 rings (SSSR count). The molecule has 2 aromatic heterocycles. The molecule has 0 atom stereocenters. The van der Waals surface area contributed by atoms with Crippen LogP contribution in [0.15, 0.2) is 79.1 Å². The standard InChI is InChI=1S/C23H21N3O3/c1-2-28-21-11-4-3-10-20(21)23(27)25-17-8-7-9-19(14-17)29-16-18-15-26-13-6-5-12-22(26)24-18/h3-15H,2,16H2,1H3,(H,25,27). The van der Waals surface area contributed by atoms with E-state index in [0.29, 0.717) is 36.0 Å². The second kappa shape index (κ2) is 8.48. The van der Waals surface area contributed by atoms with Gasteiger partial charge in [-0.25, -0.2) is 4.98 Å². The van der Waals surface area contributed by atoms with Gasteiger partial charge in [-0.15, -0.1) is 0 Å². The van der Waals surface area contributed by atoms with E-state index in [2.05, 4.69) is 10.3 Å². The van der Waals surface area contributed by atoms with Gasteiger partial charge in [-0.1, -0.05) is 24.3 Å². The van der Waals surface area contributed by atoms with Gasteiger partial charge in [-0.05, 0) is 43.3 Å². The van der Waals surface area contributed by atoms with Crippen LogP contribution >= 0.6 is 0 Å². The quantitative estimate of drug-likeness (QED) is 0.505. The molecule has 0 fully saturated rings. The maximum atomic E-state index is 12.7. The minimum atomic E-state index is -0.230. The van der Waals surface area contributed by atoms with Gasteiger partial charge in [0, 0.05) is 24.1 Å². The number of ether oxygens (including phenoxy) is 2. The average molecular weight is 387 g/mol. The van der Waals surface area contributed by atoms with Crippen LogP contribution in [0.5, 0.6) is 11.5 Å². The second-order valence-corrected chi connectivity index (χ2v) is 6.40. The van der Waals surface area contributed by atoms with Crippen LogP contribution in [0.4, 0.5) is 5.69 Å². The number of hydrogen-bond acceptors (Lipinski definition) is 4. The molecular formula is C23H21N3O3. The Bertz CT molecular complexity index is 1100. The lowest BCUT2D eigenvalue weighted by atomic mass is 10.2. The summed E-state index contributed by atoms with van der Waals surface area (Å²) < 4.78 is 13.3. The summed E-state index contributed by atoms with van der Waals surface area (Å²) in [6.45, 7) is 2.72. The van der Waals surface area contributed by atoms with Gasteiger partial charge in [0.25, 0.3) is 5.91 Å². The zero-order valence-corrected chi connectivity index (χ0v) is 16.0. The predicted octanol–water partition coefficient (Wildman–Crippen LogP) is 4.56. The first-order chi connectivity index (χ1) is 14.2. The van der Waals surface area contributed by atoms with Gasteiger partial charge in [0.1, 0.15) is 23.8 Å². The Morgan fingerprint density at radius 3 is 2.76 bits per heavy atom. The Morgan fingerprint density at radius 1 is 1.03 bits per heavy atom. The third-order valence-corrected chi connectivity index (χ3v) is 4.32. The number of pyridine rings is 1. The number of aromatic nitrogens is 2. The van der Waals surface area contributed by atoms with Crippen LogP contribution in [-0.2, 0) is 6.61 Å². The zero-order chi connectivity index (χ0) is 20.1. The molecule has 2 aromatic carbocycles. The third-order valence-electron chi connectivity index (χ3n) is 4.32. The molecule has 146 valence electrons. The Balaban J connectivity index is 1.44. The van der Waals surface area contributed by atoms with Crippen molar-refractivity contribution in [1.29, 1.82) is 0 Å². The van der Waals surface area contributed by atoms with Gasteiger partial charge in [-0.3, -0.25) is 4.79 Å². The van der Waals surface area contributed by atoms with Gasteiger partial charge < -0.3 is 19.2 Å². The Hall–Kier alpha value is -3.80. The Kier molecular flexibility index (Phi) is 5.42. The normalized spacial score (nSPS) is 10.7. The first-order valence-corrected chi connectivity index (χ1v) is 9.41. The molecule has 29 heavy (non-hydrogen) atoms. The number of fused-ring (bicyclic) bond motifs is 1. The van der Waals surface area contributed by atoms with E-state index in [-0.39, 0.29) is 5.91 Å². The maximum Gasteiger partial charge on any atom is 0.259 e. The monoisotopic (exact) mass is 387 g/mol. The molecule has 6 heteroatoms. The molecule has 0 spiro atoms. The second-order valence-electron chi connectivity index (χ2n) is 6.40. The van der Waals surface area contributed by atoms with E-state index in [1.54, 1.807) is 18.2 Å². The molecule has 0 aliphatic heterocycles. The first kappa shape index (κ1) is 18.6. The first-order valence-electron chi connectivity index (χ1n) is 9.41. The molecule has 2 heterocycles. The average Bonchev–Trinajstić information content (AvgIpc) is 3.16. The molecule has 0 unspecified atom stereocenters. The predicted molar refractivity (Wildman–Crippen MR) is 112 cm³/mol. The molecule has 6 nitrogen and oxygen atoms in total. The fraction of sp³-hybridized carbons (Fsp3) is 0.130. The Labute approximate surface area is 168 Å². The van der Waals surface area contributed by atoms with Crippen LogP contribution in [0.3, 0.4) is 0 Å². The van der Waals surface area contributed by atoms with Crippen LogP contribution < -0.4 is 14.8 Å². The van der Waals surface area contributed by atoms with Gasteiger partial charge in [-0.2, -0.15) is 0 Å². The van der Waals surface area contributed by atoms with E-state index in [1.165, 1.54) is 0 Å². The van der Waals surface area contributed by atoms with Crippen molar-refractivity contribution in [2.24, 2.45) is 0 Å². The molecule has 1 N–H and O–H groups in total. The number of nitrogens with one attached hydrogen (secondary N) is 1. The topological polar surface area (TPSA) is 64.9 Å². The molecule has 0 aliphatic carbocycles. The molecule has 1 amide bonds. The minimum absolute atomic E-state index is 0.230. The van der Waals surface area contributed by atoms with Gasteiger partial charge in [0.15, 0.2) is 0 Å². The fourth-order valence-corrected chi connectivity index (χ4v) is 3.01. The minimum Gasteiger partial charge on any atom is -0.493 e. The van der Waals surface area contributed by atoms with Crippen molar-refractivity contribution in [3.8, 4) is 11.5 Å². The summed E-state index contributed by atoms with van der Waals surface area (Å²) in [6, 6.07) is 20.3. The SMILES string of the molecule is CCOc1ccccc1C(=O)Nc1cccc(OCc2cn3ccccc3n2)c1.